The van der Waals surface area contributed by atoms with E-state index in [2.05, 4.69) is 10.3 Å². The standard InChI is InChI=1S/C15H11Cl2FN2O3/c16-10-6-11(17)15(19-7-10)20-13(21)8-23-14(22)5-9-3-1-2-4-12(9)18/h1-4,6-7H,5,8H2,(H,19,20,21). The van der Waals surface area contributed by atoms with E-state index in [1.807, 2.05) is 0 Å². The maximum Gasteiger partial charge on any atom is 0.310 e. The minimum absolute atomic E-state index is 0.103. The van der Waals surface area contributed by atoms with Gasteiger partial charge in [-0.05, 0) is 17.7 Å². The zero-order valence-electron chi connectivity index (χ0n) is 11.7. The molecule has 120 valence electrons. The zero-order valence-corrected chi connectivity index (χ0v) is 13.2. The number of halogens is 3. The fourth-order valence-electron chi connectivity index (χ4n) is 1.67. The topological polar surface area (TPSA) is 68.3 Å². The van der Waals surface area contributed by atoms with Crippen molar-refractivity contribution in [2.75, 3.05) is 11.9 Å². The van der Waals surface area contributed by atoms with Gasteiger partial charge in [0, 0.05) is 6.20 Å². The molecule has 8 heteroatoms. The van der Waals surface area contributed by atoms with Crippen LogP contribution in [0.5, 0.6) is 0 Å². The Hall–Kier alpha value is -2.18. The van der Waals surface area contributed by atoms with E-state index in [-0.39, 0.29) is 22.8 Å². The highest BCUT2D eigenvalue weighted by Crippen LogP contribution is 2.22. The molecule has 0 atom stereocenters. The lowest BCUT2D eigenvalue weighted by Crippen LogP contribution is -2.22. The molecule has 0 spiro atoms. The molecule has 1 heterocycles. The van der Waals surface area contributed by atoms with E-state index in [9.17, 15) is 14.0 Å². The summed E-state index contributed by atoms with van der Waals surface area (Å²) in [5.41, 5.74) is 0.195. The second kappa shape index (κ2) is 7.89. The number of hydrogen-bond donors (Lipinski definition) is 1. The van der Waals surface area contributed by atoms with Gasteiger partial charge in [0.05, 0.1) is 16.5 Å². The number of carbonyl (C=O) groups is 2. The summed E-state index contributed by atoms with van der Waals surface area (Å²) < 4.78 is 18.2. The molecule has 0 fully saturated rings. The number of ether oxygens (including phenoxy) is 1. The Morgan fingerprint density at radius 2 is 2.00 bits per heavy atom. The Morgan fingerprint density at radius 1 is 1.26 bits per heavy atom. The van der Waals surface area contributed by atoms with Gasteiger partial charge < -0.3 is 10.1 Å². The Kier molecular flexibility index (Phi) is 5.90. The van der Waals surface area contributed by atoms with Gasteiger partial charge in [-0.3, -0.25) is 9.59 Å². The van der Waals surface area contributed by atoms with Gasteiger partial charge in [-0.25, -0.2) is 9.37 Å². The molecule has 2 aromatic rings. The Labute approximate surface area is 141 Å². The van der Waals surface area contributed by atoms with Crippen LogP contribution in [0.3, 0.4) is 0 Å². The van der Waals surface area contributed by atoms with Gasteiger partial charge >= 0.3 is 5.97 Å². The molecule has 1 aromatic heterocycles. The van der Waals surface area contributed by atoms with Crippen LogP contribution in [0.2, 0.25) is 10.0 Å². The van der Waals surface area contributed by atoms with E-state index in [1.165, 1.54) is 30.5 Å². The number of amides is 1. The van der Waals surface area contributed by atoms with Crippen LogP contribution in [-0.2, 0) is 20.7 Å². The van der Waals surface area contributed by atoms with Crippen LogP contribution in [0, 0.1) is 5.82 Å². The number of nitrogens with one attached hydrogen (secondary N) is 1. The SMILES string of the molecule is O=C(COC(=O)Cc1ccccc1F)Nc1ncc(Cl)cc1Cl. The van der Waals surface area contributed by atoms with Gasteiger partial charge in [-0.1, -0.05) is 41.4 Å². The summed E-state index contributed by atoms with van der Waals surface area (Å²) in [6, 6.07) is 7.24. The van der Waals surface area contributed by atoms with Crippen molar-refractivity contribution < 1.29 is 18.7 Å². The fourth-order valence-corrected chi connectivity index (χ4v) is 2.10. The molecule has 1 aromatic carbocycles. The zero-order chi connectivity index (χ0) is 16.8. The van der Waals surface area contributed by atoms with E-state index in [1.54, 1.807) is 6.07 Å². The highest BCUT2D eigenvalue weighted by Gasteiger charge is 2.12. The van der Waals surface area contributed by atoms with Crippen molar-refractivity contribution in [3.8, 4) is 0 Å². The van der Waals surface area contributed by atoms with Crippen LogP contribution >= 0.6 is 23.2 Å². The van der Waals surface area contributed by atoms with Crippen molar-refractivity contribution in [2.24, 2.45) is 0 Å². The summed E-state index contributed by atoms with van der Waals surface area (Å²) >= 11 is 11.5. The number of carbonyl (C=O) groups excluding carboxylic acids is 2. The molecular weight excluding hydrogens is 346 g/mol. The highest BCUT2D eigenvalue weighted by molar-refractivity contribution is 6.36. The van der Waals surface area contributed by atoms with Crippen LogP contribution < -0.4 is 5.32 Å². The van der Waals surface area contributed by atoms with Gasteiger partial charge in [-0.2, -0.15) is 0 Å². The van der Waals surface area contributed by atoms with Crippen LogP contribution in [0.1, 0.15) is 5.56 Å². The van der Waals surface area contributed by atoms with Gasteiger partial charge in [0.15, 0.2) is 12.4 Å². The minimum Gasteiger partial charge on any atom is -0.455 e. The summed E-state index contributed by atoms with van der Waals surface area (Å²) in [6.45, 7) is -0.534. The maximum absolute atomic E-state index is 13.4. The predicted octanol–water partition coefficient (Wildman–Crippen LogP) is 3.25. The van der Waals surface area contributed by atoms with Gasteiger partial charge in [0.25, 0.3) is 5.91 Å². The lowest BCUT2D eigenvalue weighted by molar-refractivity contribution is -0.146. The number of nitrogens with zero attached hydrogens (tertiary/aromatic N) is 1. The van der Waals surface area contributed by atoms with Crippen molar-refractivity contribution in [1.82, 2.24) is 4.98 Å². The first-order valence-electron chi connectivity index (χ1n) is 6.45. The van der Waals surface area contributed by atoms with Gasteiger partial charge in [0.1, 0.15) is 5.82 Å². The average molecular weight is 357 g/mol. The Bertz CT molecular complexity index is 740. The van der Waals surface area contributed by atoms with Gasteiger partial charge in [-0.15, -0.1) is 0 Å². The van der Waals surface area contributed by atoms with Crippen molar-refractivity contribution >= 4 is 40.9 Å². The molecule has 0 aliphatic rings. The molecule has 5 nitrogen and oxygen atoms in total. The quantitative estimate of drug-likeness (QED) is 0.835. The highest BCUT2D eigenvalue weighted by atomic mass is 35.5. The van der Waals surface area contributed by atoms with Crippen molar-refractivity contribution in [1.29, 1.82) is 0 Å². The molecule has 0 aliphatic heterocycles. The molecule has 0 radical (unpaired) electrons. The second-order valence-electron chi connectivity index (χ2n) is 4.46. The summed E-state index contributed by atoms with van der Waals surface area (Å²) in [7, 11) is 0. The molecule has 0 saturated carbocycles. The number of benzene rings is 1. The second-order valence-corrected chi connectivity index (χ2v) is 5.30. The summed E-state index contributed by atoms with van der Waals surface area (Å²) in [5.74, 6) is -1.75. The smallest absolute Gasteiger partial charge is 0.310 e. The minimum atomic E-state index is -0.722. The van der Waals surface area contributed by atoms with Gasteiger partial charge in [0.2, 0.25) is 0 Å². The largest absolute Gasteiger partial charge is 0.455 e. The predicted molar refractivity (Wildman–Crippen MR) is 83.9 cm³/mol. The van der Waals surface area contributed by atoms with Crippen molar-refractivity contribution in [3.63, 3.8) is 0 Å². The number of aromatic nitrogens is 1. The first-order chi connectivity index (χ1) is 11.0. The van der Waals surface area contributed by atoms with Crippen LogP contribution in [0.4, 0.5) is 10.2 Å². The normalized spacial score (nSPS) is 10.2. The number of rotatable bonds is 5. The van der Waals surface area contributed by atoms with E-state index < -0.39 is 24.3 Å². The lowest BCUT2D eigenvalue weighted by Gasteiger charge is -2.07. The molecule has 0 aliphatic carbocycles. The number of pyridine rings is 1. The van der Waals surface area contributed by atoms with E-state index in [0.29, 0.717) is 5.02 Å². The third-order valence-corrected chi connectivity index (χ3v) is 3.22. The Morgan fingerprint density at radius 3 is 2.70 bits per heavy atom. The maximum atomic E-state index is 13.4. The van der Waals surface area contributed by atoms with Crippen molar-refractivity contribution in [3.05, 3.63) is 58.0 Å². The first-order valence-corrected chi connectivity index (χ1v) is 7.21. The third-order valence-electron chi connectivity index (χ3n) is 2.72. The Balaban J connectivity index is 1.84. The molecule has 0 saturated heterocycles. The molecule has 0 bridgehead atoms. The average Bonchev–Trinajstić information content (AvgIpc) is 2.50. The van der Waals surface area contributed by atoms with Crippen LogP contribution in [0.15, 0.2) is 36.5 Å². The molecule has 2 rings (SSSR count). The van der Waals surface area contributed by atoms with Crippen molar-refractivity contribution in [2.45, 2.75) is 6.42 Å². The number of esters is 1. The fraction of sp³-hybridized carbons (Fsp3) is 0.133. The van der Waals surface area contributed by atoms with E-state index in [4.69, 9.17) is 27.9 Å². The van der Waals surface area contributed by atoms with Crippen LogP contribution in [0.25, 0.3) is 0 Å². The molecule has 23 heavy (non-hydrogen) atoms. The van der Waals surface area contributed by atoms with E-state index >= 15 is 0 Å². The molecule has 1 N–H and O–H groups in total. The summed E-state index contributed by atoms with van der Waals surface area (Å²) in [5, 5.41) is 2.86. The third kappa shape index (κ3) is 5.19. The number of anilines is 1. The molecular formula is C15H11Cl2FN2O3. The molecule has 0 unspecified atom stereocenters. The lowest BCUT2D eigenvalue weighted by atomic mass is 10.1. The van der Waals surface area contributed by atoms with Crippen LogP contribution in [-0.4, -0.2) is 23.5 Å². The monoisotopic (exact) mass is 356 g/mol. The first kappa shape index (κ1) is 17.2. The summed E-state index contributed by atoms with van der Waals surface area (Å²) in [4.78, 5) is 27.1. The molecule has 1 amide bonds. The summed E-state index contributed by atoms with van der Waals surface area (Å²) in [6.07, 6.45) is 1.05. The van der Waals surface area contributed by atoms with E-state index in [0.717, 1.165) is 0 Å². The number of hydrogen-bond acceptors (Lipinski definition) is 4.